The number of anilines is 1. The van der Waals surface area contributed by atoms with Crippen molar-refractivity contribution in [3.63, 3.8) is 0 Å². The van der Waals surface area contributed by atoms with Gasteiger partial charge in [-0.2, -0.15) is 0 Å². The molecule has 0 atom stereocenters. The second-order valence-corrected chi connectivity index (χ2v) is 5.55. The van der Waals surface area contributed by atoms with Gasteiger partial charge in [-0.1, -0.05) is 25.0 Å². The van der Waals surface area contributed by atoms with Crippen molar-refractivity contribution in [2.75, 3.05) is 11.9 Å². The molecule has 1 aliphatic carbocycles. The number of ether oxygens (including phenoxy) is 1. The van der Waals surface area contributed by atoms with Gasteiger partial charge in [-0.25, -0.2) is 0 Å². The molecule has 0 bridgehead atoms. The number of fused-ring (bicyclic) bond motifs is 1. The van der Waals surface area contributed by atoms with Gasteiger partial charge >= 0.3 is 0 Å². The normalized spacial score (nSPS) is 20.7. The van der Waals surface area contributed by atoms with Gasteiger partial charge < -0.3 is 10.1 Å². The average Bonchev–Trinajstić information content (AvgIpc) is 2.68. The second-order valence-electron chi connectivity index (χ2n) is 5.55. The van der Waals surface area contributed by atoms with E-state index in [0.717, 1.165) is 12.3 Å². The minimum Gasteiger partial charge on any atom is -0.488 e. The Morgan fingerprint density at radius 3 is 2.67 bits per heavy atom. The zero-order valence-electron chi connectivity index (χ0n) is 11.1. The van der Waals surface area contributed by atoms with Crippen molar-refractivity contribution >= 4 is 5.69 Å². The minimum absolute atomic E-state index is 0.433. The Balaban J connectivity index is 1.75. The lowest BCUT2D eigenvalue weighted by molar-refractivity contribution is 0.184. The number of para-hydroxylation sites is 1. The van der Waals surface area contributed by atoms with Crippen LogP contribution in [0.1, 0.15) is 50.5 Å². The fourth-order valence-electron chi connectivity index (χ4n) is 3.12. The molecule has 1 aromatic rings. The summed E-state index contributed by atoms with van der Waals surface area (Å²) in [6.45, 7) is 1.08. The van der Waals surface area contributed by atoms with Crippen LogP contribution in [0.3, 0.4) is 0 Å². The Morgan fingerprint density at radius 2 is 1.83 bits per heavy atom. The van der Waals surface area contributed by atoms with Crippen LogP contribution >= 0.6 is 0 Å². The molecule has 0 spiro atoms. The summed E-state index contributed by atoms with van der Waals surface area (Å²) in [5, 5.41) is 3.51. The van der Waals surface area contributed by atoms with Crippen molar-refractivity contribution < 1.29 is 4.74 Å². The average molecular weight is 245 g/mol. The third kappa shape index (κ3) is 2.63. The van der Waals surface area contributed by atoms with Crippen LogP contribution in [0.5, 0.6) is 5.75 Å². The molecule has 0 radical (unpaired) electrons. The first-order valence-electron chi connectivity index (χ1n) is 7.46. The summed E-state index contributed by atoms with van der Waals surface area (Å²) in [4.78, 5) is 0. The molecule has 98 valence electrons. The van der Waals surface area contributed by atoms with Crippen molar-refractivity contribution in [3.8, 4) is 5.75 Å². The van der Waals surface area contributed by atoms with Gasteiger partial charge in [-0.3, -0.25) is 0 Å². The third-order valence-electron chi connectivity index (χ3n) is 4.13. The summed E-state index contributed by atoms with van der Waals surface area (Å²) in [7, 11) is 0. The minimum atomic E-state index is 0.433. The summed E-state index contributed by atoms with van der Waals surface area (Å²) in [6, 6.07) is 6.49. The number of nitrogens with one attached hydrogen (secondary N) is 1. The van der Waals surface area contributed by atoms with Crippen molar-refractivity contribution in [3.05, 3.63) is 23.8 Å². The maximum atomic E-state index is 6.27. The summed E-state index contributed by atoms with van der Waals surface area (Å²) in [5.41, 5.74) is 2.68. The molecule has 1 N–H and O–H groups in total. The molecule has 2 heteroatoms. The van der Waals surface area contributed by atoms with Crippen LogP contribution in [0.4, 0.5) is 5.69 Å². The van der Waals surface area contributed by atoms with Crippen LogP contribution in [0.25, 0.3) is 0 Å². The van der Waals surface area contributed by atoms with E-state index in [1.807, 2.05) is 0 Å². The van der Waals surface area contributed by atoms with Crippen LogP contribution in [-0.4, -0.2) is 12.6 Å². The van der Waals surface area contributed by atoms with E-state index in [4.69, 9.17) is 4.74 Å². The molecule has 3 rings (SSSR count). The zero-order valence-corrected chi connectivity index (χ0v) is 11.1. The SMILES string of the molecule is c1cc2c(c(OC3CCCCCC3)c1)NCCC2. The first-order valence-corrected chi connectivity index (χ1v) is 7.46. The highest BCUT2D eigenvalue weighted by molar-refractivity contribution is 5.63. The molecule has 1 aliphatic heterocycles. The monoisotopic (exact) mass is 245 g/mol. The number of hydrogen-bond donors (Lipinski definition) is 1. The summed E-state index contributed by atoms with van der Waals surface area (Å²) in [6.07, 6.45) is 10.7. The zero-order chi connectivity index (χ0) is 12.2. The number of hydrogen-bond acceptors (Lipinski definition) is 2. The number of rotatable bonds is 2. The van der Waals surface area contributed by atoms with E-state index >= 15 is 0 Å². The van der Waals surface area contributed by atoms with Crippen molar-refractivity contribution in [2.45, 2.75) is 57.5 Å². The van der Waals surface area contributed by atoms with E-state index in [1.54, 1.807) is 0 Å². The first-order chi connectivity index (χ1) is 8.93. The van der Waals surface area contributed by atoms with E-state index in [-0.39, 0.29) is 0 Å². The molecule has 1 fully saturated rings. The third-order valence-corrected chi connectivity index (χ3v) is 4.13. The predicted molar refractivity (Wildman–Crippen MR) is 75.4 cm³/mol. The molecular weight excluding hydrogens is 222 g/mol. The van der Waals surface area contributed by atoms with Crippen LogP contribution < -0.4 is 10.1 Å². The van der Waals surface area contributed by atoms with Crippen LogP contribution in [0.2, 0.25) is 0 Å². The standard InChI is InChI=1S/C16H23NO/c1-2-4-10-14(9-3-1)18-15-11-5-7-13-8-6-12-17-16(13)15/h5,7,11,14,17H,1-4,6,8-10,12H2. The highest BCUT2D eigenvalue weighted by Crippen LogP contribution is 2.34. The maximum Gasteiger partial charge on any atom is 0.143 e. The van der Waals surface area contributed by atoms with Gasteiger partial charge in [-0.15, -0.1) is 0 Å². The molecule has 18 heavy (non-hydrogen) atoms. The van der Waals surface area contributed by atoms with E-state index in [2.05, 4.69) is 23.5 Å². The molecule has 0 saturated heterocycles. The van der Waals surface area contributed by atoms with Gasteiger partial charge in [0.1, 0.15) is 5.75 Å². The van der Waals surface area contributed by atoms with Gasteiger partial charge in [0.2, 0.25) is 0 Å². The molecule has 0 amide bonds. The Hall–Kier alpha value is -1.18. The summed E-state index contributed by atoms with van der Waals surface area (Å²) < 4.78 is 6.27. The molecule has 0 aromatic heterocycles. The Kier molecular flexibility index (Phi) is 3.72. The quantitative estimate of drug-likeness (QED) is 0.790. The van der Waals surface area contributed by atoms with Gasteiger partial charge in [0.15, 0.2) is 0 Å². The fourth-order valence-corrected chi connectivity index (χ4v) is 3.12. The molecular formula is C16H23NO. The van der Waals surface area contributed by atoms with E-state index < -0.39 is 0 Å². The first kappa shape index (κ1) is 11.9. The van der Waals surface area contributed by atoms with E-state index in [9.17, 15) is 0 Å². The second kappa shape index (κ2) is 5.64. The fraction of sp³-hybridized carbons (Fsp3) is 0.625. The largest absolute Gasteiger partial charge is 0.488 e. The van der Waals surface area contributed by atoms with Crippen molar-refractivity contribution in [1.29, 1.82) is 0 Å². The highest BCUT2D eigenvalue weighted by atomic mass is 16.5. The van der Waals surface area contributed by atoms with E-state index in [1.165, 1.54) is 62.6 Å². The van der Waals surface area contributed by atoms with Crippen LogP contribution in [0, 0.1) is 0 Å². The highest BCUT2D eigenvalue weighted by Gasteiger charge is 2.18. The van der Waals surface area contributed by atoms with E-state index in [0.29, 0.717) is 6.10 Å². The summed E-state index contributed by atoms with van der Waals surface area (Å²) in [5.74, 6) is 1.08. The van der Waals surface area contributed by atoms with Gasteiger partial charge in [0.05, 0.1) is 11.8 Å². The number of benzene rings is 1. The lowest BCUT2D eigenvalue weighted by atomic mass is 10.0. The lowest BCUT2D eigenvalue weighted by Gasteiger charge is -2.24. The topological polar surface area (TPSA) is 21.3 Å². The predicted octanol–water partition coefficient (Wildman–Crippen LogP) is 4.15. The van der Waals surface area contributed by atoms with Crippen molar-refractivity contribution in [1.82, 2.24) is 0 Å². The van der Waals surface area contributed by atoms with Gasteiger partial charge in [0, 0.05) is 6.54 Å². The Labute approximate surface area is 110 Å². The molecule has 1 saturated carbocycles. The number of aryl methyl sites for hydroxylation is 1. The maximum absolute atomic E-state index is 6.27. The van der Waals surface area contributed by atoms with Crippen LogP contribution in [0.15, 0.2) is 18.2 Å². The molecule has 1 heterocycles. The van der Waals surface area contributed by atoms with Crippen molar-refractivity contribution in [2.24, 2.45) is 0 Å². The molecule has 2 nitrogen and oxygen atoms in total. The van der Waals surface area contributed by atoms with Crippen LogP contribution in [-0.2, 0) is 6.42 Å². The van der Waals surface area contributed by atoms with Gasteiger partial charge in [-0.05, 0) is 50.2 Å². The molecule has 1 aromatic carbocycles. The Bertz CT molecular complexity index is 394. The lowest BCUT2D eigenvalue weighted by Crippen LogP contribution is -2.18. The Morgan fingerprint density at radius 1 is 1.00 bits per heavy atom. The molecule has 0 unspecified atom stereocenters. The smallest absolute Gasteiger partial charge is 0.143 e. The molecule has 2 aliphatic rings. The summed E-state index contributed by atoms with van der Waals surface area (Å²) >= 11 is 0. The van der Waals surface area contributed by atoms with Gasteiger partial charge in [0.25, 0.3) is 0 Å².